The minimum Gasteiger partial charge on any atom is -0.381 e. The number of hydrogen-bond acceptors (Lipinski definition) is 4. The Balaban J connectivity index is 2.04. The minimum absolute atomic E-state index is 0.0746. The van der Waals surface area contributed by atoms with Crippen molar-refractivity contribution in [2.45, 2.75) is 26.0 Å². The minimum atomic E-state index is -3.41. The Kier molecular flexibility index (Phi) is 4.60. The molecule has 5 heteroatoms. The Morgan fingerprint density at radius 3 is 2.45 bits per heavy atom. The molecule has 0 saturated carbocycles. The summed E-state index contributed by atoms with van der Waals surface area (Å²) in [5, 5.41) is 0. The lowest BCUT2D eigenvalue weighted by atomic mass is 10.1. The maximum atomic E-state index is 12.1. The lowest BCUT2D eigenvalue weighted by Crippen LogP contribution is -2.25. The number of rotatable bonds is 5. The van der Waals surface area contributed by atoms with Gasteiger partial charge in [-0.2, -0.15) is 0 Å². The molecular weight excluding hydrogens is 276 g/mol. The van der Waals surface area contributed by atoms with Crippen LogP contribution in [0.15, 0.2) is 18.2 Å². The highest BCUT2D eigenvalue weighted by Gasteiger charge is 2.27. The maximum Gasteiger partial charge on any atom is 0.161 e. The number of benzene rings is 1. The topological polar surface area (TPSA) is 60.4 Å². The van der Waals surface area contributed by atoms with Gasteiger partial charge in [0, 0.05) is 12.5 Å². The highest BCUT2D eigenvalue weighted by atomic mass is 32.2. The van der Waals surface area contributed by atoms with Gasteiger partial charge >= 0.3 is 0 Å². The van der Waals surface area contributed by atoms with E-state index in [-0.39, 0.29) is 23.2 Å². The summed E-state index contributed by atoms with van der Waals surface area (Å²) in [5.74, 6) is -0.918. The molecule has 1 fully saturated rings. The van der Waals surface area contributed by atoms with E-state index in [0.717, 1.165) is 16.7 Å². The molecule has 1 aliphatic rings. The van der Waals surface area contributed by atoms with Crippen LogP contribution in [0, 0.1) is 19.8 Å². The molecule has 1 aromatic carbocycles. The quantitative estimate of drug-likeness (QED) is 0.831. The van der Waals surface area contributed by atoms with Crippen molar-refractivity contribution in [2.75, 3.05) is 19.0 Å². The zero-order valence-electron chi connectivity index (χ0n) is 11.9. The van der Waals surface area contributed by atoms with Crippen LogP contribution in [0.25, 0.3) is 0 Å². The summed E-state index contributed by atoms with van der Waals surface area (Å²) < 4.78 is 29.4. The van der Waals surface area contributed by atoms with E-state index in [0.29, 0.717) is 19.6 Å². The molecule has 0 aromatic heterocycles. The van der Waals surface area contributed by atoms with E-state index >= 15 is 0 Å². The number of carbonyl (C=O) groups excluding carboxylic acids is 1. The average Bonchev–Trinajstić information content (AvgIpc) is 2.78. The number of hydrogen-bond donors (Lipinski definition) is 0. The van der Waals surface area contributed by atoms with E-state index in [4.69, 9.17) is 4.74 Å². The first-order valence-electron chi connectivity index (χ1n) is 6.74. The Labute approximate surface area is 120 Å². The van der Waals surface area contributed by atoms with Gasteiger partial charge in [-0.3, -0.25) is 4.79 Å². The molecule has 0 N–H and O–H groups in total. The van der Waals surface area contributed by atoms with Gasteiger partial charge in [0.25, 0.3) is 0 Å². The normalized spacial score (nSPS) is 19.2. The first-order valence-corrected chi connectivity index (χ1v) is 8.56. The van der Waals surface area contributed by atoms with Gasteiger partial charge in [-0.15, -0.1) is 0 Å². The van der Waals surface area contributed by atoms with Gasteiger partial charge in [0.05, 0.1) is 12.4 Å². The highest BCUT2D eigenvalue weighted by Crippen LogP contribution is 2.17. The van der Waals surface area contributed by atoms with Crippen LogP contribution in [-0.2, 0) is 25.1 Å². The van der Waals surface area contributed by atoms with E-state index in [1.54, 1.807) is 0 Å². The summed E-state index contributed by atoms with van der Waals surface area (Å²) >= 11 is 0. The SMILES string of the molecule is Cc1cc(C)cc(CS(=O)(=O)CC(=O)C2CCOC2)c1. The van der Waals surface area contributed by atoms with Crippen LogP contribution in [0.3, 0.4) is 0 Å². The van der Waals surface area contributed by atoms with E-state index in [2.05, 4.69) is 0 Å². The van der Waals surface area contributed by atoms with Gasteiger partial charge < -0.3 is 4.74 Å². The van der Waals surface area contributed by atoms with Crippen molar-refractivity contribution in [1.82, 2.24) is 0 Å². The molecule has 0 aliphatic carbocycles. The molecule has 0 radical (unpaired) electrons. The maximum absolute atomic E-state index is 12.1. The first-order chi connectivity index (χ1) is 9.35. The lowest BCUT2D eigenvalue weighted by Gasteiger charge is -2.09. The molecule has 0 bridgehead atoms. The van der Waals surface area contributed by atoms with Crippen LogP contribution in [0.2, 0.25) is 0 Å². The first kappa shape index (κ1) is 15.2. The Morgan fingerprint density at radius 1 is 1.25 bits per heavy atom. The number of sulfone groups is 1. The fourth-order valence-electron chi connectivity index (χ4n) is 2.58. The fraction of sp³-hybridized carbons (Fsp3) is 0.533. The molecule has 110 valence electrons. The van der Waals surface area contributed by atoms with Crippen molar-refractivity contribution in [3.05, 3.63) is 34.9 Å². The molecule has 1 heterocycles. The number of ether oxygens (including phenoxy) is 1. The summed E-state index contributed by atoms with van der Waals surface area (Å²) in [7, 11) is -3.41. The average molecular weight is 296 g/mol. The molecular formula is C15H20O4S. The van der Waals surface area contributed by atoms with Crippen LogP contribution < -0.4 is 0 Å². The van der Waals surface area contributed by atoms with E-state index < -0.39 is 9.84 Å². The van der Waals surface area contributed by atoms with Gasteiger partial charge in [0.2, 0.25) is 0 Å². The summed E-state index contributed by atoms with van der Waals surface area (Å²) in [6, 6.07) is 5.71. The number of aryl methyl sites for hydroxylation is 2. The zero-order chi connectivity index (χ0) is 14.8. The summed E-state index contributed by atoms with van der Waals surface area (Å²) in [5.41, 5.74) is 2.81. The second-order valence-corrected chi connectivity index (χ2v) is 7.62. The predicted octanol–water partition coefficient (Wildman–Crippen LogP) is 1.82. The number of ketones is 1. The van der Waals surface area contributed by atoms with E-state index in [1.807, 2.05) is 32.0 Å². The van der Waals surface area contributed by atoms with Crippen molar-refractivity contribution in [3.63, 3.8) is 0 Å². The third-order valence-corrected chi connectivity index (χ3v) is 4.91. The molecule has 0 amide bonds. The van der Waals surface area contributed by atoms with E-state index in [9.17, 15) is 13.2 Å². The molecule has 2 rings (SSSR count). The fourth-order valence-corrected chi connectivity index (χ4v) is 4.03. The molecule has 20 heavy (non-hydrogen) atoms. The van der Waals surface area contributed by atoms with Crippen molar-refractivity contribution in [3.8, 4) is 0 Å². The summed E-state index contributed by atoms with van der Waals surface area (Å²) in [6.07, 6.45) is 0.637. The number of Topliss-reactive ketones (excluding diaryl/α,β-unsaturated/α-hetero) is 1. The van der Waals surface area contributed by atoms with E-state index in [1.165, 1.54) is 0 Å². The summed E-state index contributed by atoms with van der Waals surface area (Å²) in [4.78, 5) is 11.9. The molecule has 4 nitrogen and oxygen atoms in total. The standard InChI is InChI=1S/C15H20O4S/c1-11-5-12(2)7-13(6-11)9-20(17,18)10-15(16)14-3-4-19-8-14/h5-7,14H,3-4,8-10H2,1-2H3. The second-order valence-electron chi connectivity index (χ2n) is 5.56. The van der Waals surface area contributed by atoms with Gasteiger partial charge in [0.1, 0.15) is 5.75 Å². The number of carbonyl (C=O) groups is 1. The Morgan fingerprint density at radius 2 is 1.90 bits per heavy atom. The van der Waals surface area contributed by atoms with Crippen molar-refractivity contribution in [1.29, 1.82) is 0 Å². The Bertz CT molecular complexity index is 578. The summed E-state index contributed by atoms with van der Waals surface area (Å²) in [6.45, 7) is 4.78. The van der Waals surface area contributed by atoms with Crippen LogP contribution in [-0.4, -0.2) is 33.2 Å². The zero-order valence-corrected chi connectivity index (χ0v) is 12.7. The van der Waals surface area contributed by atoms with Crippen LogP contribution in [0.1, 0.15) is 23.1 Å². The van der Waals surface area contributed by atoms with Crippen LogP contribution in [0.5, 0.6) is 0 Å². The second kappa shape index (κ2) is 6.06. The van der Waals surface area contributed by atoms with Crippen LogP contribution >= 0.6 is 0 Å². The van der Waals surface area contributed by atoms with Gasteiger partial charge in [-0.1, -0.05) is 29.3 Å². The predicted molar refractivity (Wildman–Crippen MR) is 77.3 cm³/mol. The lowest BCUT2D eigenvalue weighted by molar-refractivity contribution is -0.120. The monoisotopic (exact) mass is 296 g/mol. The molecule has 1 atom stereocenters. The highest BCUT2D eigenvalue weighted by molar-refractivity contribution is 7.91. The molecule has 1 saturated heterocycles. The smallest absolute Gasteiger partial charge is 0.161 e. The van der Waals surface area contributed by atoms with Gasteiger partial charge in [0.15, 0.2) is 15.6 Å². The third kappa shape index (κ3) is 4.15. The van der Waals surface area contributed by atoms with Crippen molar-refractivity contribution < 1.29 is 17.9 Å². The molecule has 1 aromatic rings. The van der Waals surface area contributed by atoms with Crippen LogP contribution in [0.4, 0.5) is 0 Å². The van der Waals surface area contributed by atoms with Crippen molar-refractivity contribution in [2.24, 2.45) is 5.92 Å². The van der Waals surface area contributed by atoms with Gasteiger partial charge in [-0.25, -0.2) is 8.42 Å². The Hall–Kier alpha value is -1.20. The third-order valence-electron chi connectivity index (χ3n) is 3.42. The van der Waals surface area contributed by atoms with Gasteiger partial charge in [-0.05, 0) is 25.8 Å². The molecule has 1 aliphatic heterocycles. The molecule has 0 spiro atoms. The molecule has 1 unspecified atom stereocenters. The largest absolute Gasteiger partial charge is 0.381 e. The van der Waals surface area contributed by atoms with Crippen molar-refractivity contribution >= 4 is 15.6 Å².